The molecule has 0 bridgehead atoms. The van der Waals surface area contributed by atoms with E-state index in [4.69, 9.17) is 9.97 Å². The molecule has 0 amide bonds. The van der Waals surface area contributed by atoms with Crippen molar-refractivity contribution < 1.29 is 5.11 Å². The van der Waals surface area contributed by atoms with Crippen LogP contribution >= 0.6 is 0 Å². The van der Waals surface area contributed by atoms with Crippen LogP contribution in [-0.4, -0.2) is 51.8 Å². The molecule has 2 fully saturated rings. The smallest absolute Gasteiger partial charge is 0.224 e. The SMILES string of the molecule is CCCCNc1ncc(-c2ccc(C3CCNCC3)cn2)c(NC2CCC(O)CC2)n1. The van der Waals surface area contributed by atoms with Gasteiger partial charge in [-0.2, -0.15) is 4.98 Å². The van der Waals surface area contributed by atoms with E-state index in [1.54, 1.807) is 0 Å². The van der Waals surface area contributed by atoms with Gasteiger partial charge in [0.25, 0.3) is 0 Å². The molecule has 0 atom stereocenters. The maximum atomic E-state index is 9.85. The minimum Gasteiger partial charge on any atom is -0.393 e. The molecule has 4 N–H and O–H groups in total. The Balaban J connectivity index is 1.54. The van der Waals surface area contributed by atoms with E-state index in [9.17, 15) is 5.11 Å². The van der Waals surface area contributed by atoms with Crippen LogP contribution in [-0.2, 0) is 0 Å². The van der Waals surface area contributed by atoms with Crippen molar-refractivity contribution in [3.63, 3.8) is 0 Å². The Morgan fingerprint density at radius 1 is 1.03 bits per heavy atom. The zero-order chi connectivity index (χ0) is 21.5. The third kappa shape index (κ3) is 5.92. The fraction of sp³-hybridized carbons (Fsp3) is 0.625. The molecule has 1 aliphatic heterocycles. The number of aliphatic hydroxyl groups is 1. The Morgan fingerprint density at radius 2 is 1.84 bits per heavy atom. The number of nitrogens with one attached hydrogen (secondary N) is 3. The fourth-order valence-electron chi connectivity index (χ4n) is 4.52. The highest BCUT2D eigenvalue weighted by Crippen LogP contribution is 2.31. The lowest BCUT2D eigenvalue weighted by Gasteiger charge is -2.27. The zero-order valence-electron chi connectivity index (χ0n) is 18.6. The number of pyridine rings is 1. The van der Waals surface area contributed by atoms with Crippen LogP contribution in [0.5, 0.6) is 0 Å². The molecule has 168 valence electrons. The van der Waals surface area contributed by atoms with Crippen molar-refractivity contribution in [2.45, 2.75) is 76.4 Å². The predicted octanol–water partition coefficient (Wildman–Crippen LogP) is 3.93. The second-order valence-electron chi connectivity index (χ2n) is 8.89. The van der Waals surface area contributed by atoms with Gasteiger partial charge < -0.3 is 21.1 Å². The highest BCUT2D eigenvalue weighted by molar-refractivity contribution is 5.73. The third-order valence-electron chi connectivity index (χ3n) is 6.51. The van der Waals surface area contributed by atoms with Gasteiger partial charge in [-0.3, -0.25) is 4.98 Å². The van der Waals surface area contributed by atoms with E-state index in [2.05, 4.69) is 40.0 Å². The first-order chi connectivity index (χ1) is 15.2. The standard InChI is InChI=1S/C24H36N6O/c1-2-3-12-26-24-28-16-21(23(30-24)29-19-5-7-20(31)8-6-19)22-9-4-18(15-27-22)17-10-13-25-14-11-17/h4,9,15-17,19-20,25,31H,2-3,5-8,10-14H2,1H3,(H2,26,28,29,30). The number of unbranched alkanes of at least 4 members (excludes halogenated alkanes) is 1. The largest absolute Gasteiger partial charge is 0.393 e. The Hall–Kier alpha value is -2.25. The van der Waals surface area contributed by atoms with Gasteiger partial charge in [-0.05, 0) is 75.6 Å². The maximum absolute atomic E-state index is 9.85. The van der Waals surface area contributed by atoms with Crippen LogP contribution in [0.3, 0.4) is 0 Å². The van der Waals surface area contributed by atoms with Crippen molar-refractivity contribution in [2.75, 3.05) is 30.3 Å². The quantitative estimate of drug-likeness (QED) is 0.477. The summed E-state index contributed by atoms with van der Waals surface area (Å²) >= 11 is 0. The number of piperidine rings is 1. The van der Waals surface area contributed by atoms with E-state index < -0.39 is 0 Å². The van der Waals surface area contributed by atoms with Crippen molar-refractivity contribution in [3.05, 3.63) is 30.1 Å². The average molecular weight is 425 g/mol. The molecule has 4 rings (SSSR count). The Labute approximate surface area is 185 Å². The molecule has 1 aliphatic carbocycles. The molecule has 3 heterocycles. The molecule has 0 aromatic carbocycles. The van der Waals surface area contributed by atoms with E-state index >= 15 is 0 Å². The van der Waals surface area contributed by atoms with Gasteiger partial charge in [0.15, 0.2) is 0 Å². The van der Waals surface area contributed by atoms with Gasteiger partial charge in [0.05, 0.1) is 17.4 Å². The molecular formula is C24H36N6O. The van der Waals surface area contributed by atoms with E-state index in [-0.39, 0.29) is 6.10 Å². The number of anilines is 2. The number of aliphatic hydroxyl groups excluding tert-OH is 1. The number of nitrogens with zero attached hydrogens (tertiary/aromatic N) is 3. The van der Waals surface area contributed by atoms with E-state index in [1.807, 2.05) is 12.4 Å². The fourth-order valence-corrected chi connectivity index (χ4v) is 4.52. The Morgan fingerprint density at radius 3 is 2.55 bits per heavy atom. The van der Waals surface area contributed by atoms with E-state index in [0.29, 0.717) is 17.9 Å². The summed E-state index contributed by atoms with van der Waals surface area (Å²) in [4.78, 5) is 14.2. The molecule has 2 aliphatic rings. The molecule has 0 unspecified atom stereocenters. The van der Waals surface area contributed by atoms with Crippen LogP contribution in [0.1, 0.15) is 69.8 Å². The molecule has 1 saturated heterocycles. The molecular weight excluding hydrogens is 388 g/mol. The summed E-state index contributed by atoms with van der Waals surface area (Å²) in [6.07, 6.45) is 11.9. The number of aromatic nitrogens is 3. The lowest BCUT2D eigenvalue weighted by Crippen LogP contribution is -2.29. The van der Waals surface area contributed by atoms with Crippen molar-refractivity contribution in [1.29, 1.82) is 0 Å². The molecule has 0 spiro atoms. The summed E-state index contributed by atoms with van der Waals surface area (Å²) in [5.74, 6) is 2.08. The third-order valence-corrected chi connectivity index (χ3v) is 6.51. The van der Waals surface area contributed by atoms with Crippen LogP contribution in [0.15, 0.2) is 24.5 Å². The maximum Gasteiger partial charge on any atom is 0.224 e. The van der Waals surface area contributed by atoms with Crippen LogP contribution in [0.25, 0.3) is 11.3 Å². The van der Waals surface area contributed by atoms with Crippen molar-refractivity contribution in [2.24, 2.45) is 0 Å². The summed E-state index contributed by atoms with van der Waals surface area (Å²) in [6.45, 7) is 5.21. The number of rotatable bonds is 8. The predicted molar refractivity (Wildman–Crippen MR) is 125 cm³/mol. The summed E-state index contributed by atoms with van der Waals surface area (Å²) in [6, 6.07) is 4.64. The molecule has 2 aromatic heterocycles. The lowest BCUT2D eigenvalue weighted by molar-refractivity contribution is 0.126. The van der Waals surface area contributed by atoms with E-state index in [0.717, 1.165) is 75.2 Å². The highest BCUT2D eigenvalue weighted by Gasteiger charge is 2.22. The van der Waals surface area contributed by atoms with Gasteiger partial charge >= 0.3 is 0 Å². The lowest BCUT2D eigenvalue weighted by atomic mass is 9.91. The molecule has 31 heavy (non-hydrogen) atoms. The van der Waals surface area contributed by atoms with Gasteiger partial charge in [-0.15, -0.1) is 0 Å². The van der Waals surface area contributed by atoms with Gasteiger partial charge in [-0.25, -0.2) is 4.98 Å². The average Bonchev–Trinajstić information content (AvgIpc) is 2.82. The minimum absolute atomic E-state index is 0.168. The Bertz CT molecular complexity index is 813. The number of hydrogen-bond acceptors (Lipinski definition) is 7. The summed E-state index contributed by atoms with van der Waals surface area (Å²) in [5.41, 5.74) is 3.15. The first kappa shape index (κ1) is 22.0. The van der Waals surface area contributed by atoms with E-state index in [1.165, 1.54) is 18.4 Å². The molecule has 0 radical (unpaired) electrons. The van der Waals surface area contributed by atoms with Crippen LogP contribution in [0, 0.1) is 0 Å². The second-order valence-corrected chi connectivity index (χ2v) is 8.89. The van der Waals surface area contributed by atoms with Gasteiger partial charge in [-0.1, -0.05) is 19.4 Å². The summed E-state index contributed by atoms with van der Waals surface area (Å²) in [7, 11) is 0. The molecule has 1 saturated carbocycles. The van der Waals surface area contributed by atoms with Crippen molar-refractivity contribution >= 4 is 11.8 Å². The zero-order valence-corrected chi connectivity index (χ0v) is 18.6. The van der Waals surface area contributed by atoms with Crippen LogP contribution in [0.4, 0.5) is 11.8 Å². The van der Waals surface area contributed by atoms with Gasteiger partial charge in [0.1, 0.15) is 5.82 Å². The van der Waals surface area contributed by atoms with Crippen LogP contribution in [0.2, 0.25) is 0 Å². The summed E-state index contributed by atoms with van der Waals surface area (Å²) < 4.78 is 0. The summed E-state index contributed by atoms with van der Waals surface area (Å²) in [5, 5.41) is 20.2. The molecule has 7 nitrogen and oxygen atoms in total. The number of hydrogen-bond donors (Lipinski definition) is 4. The Kier molecular flexibility index (Phi) is 7.70. The topological polar surface area (TPSA) is 95.0 Å². The second kappa shape index (κ2) is 10.9. The minimum atomic E-state index is -0.168. The van der Waals surface area contributed by atoms with Gasteiger partial charge in [0.2, 0.25) is 5.95 Å². The first-order valence-corrected chi connectivity index (χ1v) is 12.0. The normalized spacial score (nSPS) is 22.3. The molecule has 2 aromatic rings. The van der Waals surface area contributed by atoms with Crippen molar-refractivity contribution in [3.8, 4) is 11.3 Å². The van der Waals surface area contributed by atoms with Gasteiger partial charge in [0, 0.05) is 25.0 Å². The van der Waals surface area contributed by atoms with Crippen LogP contribution < -0.4 is 16.0 Å². The molecule has 7 heteroatoms. The first-order valence-electron chi connectivity index (χ1n) is 12.0. The monoisotopic (exact) mass is 424 g/mol. The van der Waals surface area contributed by atoms with Crippen molar-refractivity contribution in [1.82, 2.24) is 20.3 Å². The highest BCUT2D eigenvalue weighted by atomic mass is 16.3.